The molecule has 0 spiro atoms. The zero-order chi connectivity index (χ0) is 18.1. The van der Waals surface area contributed by atoms with Gasteiger partial charge in [-0.15, -0.1) is 0 Å². The van der Waals surface area contributed by atoms with Gasteiger partial charge in [0, 0.05) is 12.1 Å². The van der Waals surface area contributed by atoms with Crippen LogP contribution in [0.15, 0.2) is 21.7 Å². The SMILES string of the molecule is COc1cc(OC)c(/C=c2\sc3nc(=O)c(C)nn3c2=O)c(OC)c1. The first kappa shape index (κ1) is 16.9. The van der Waals surface area contributed by atoms with E-state index in [4.69, 9.17) is 14.2 Å². The fourth-order valence-corrected chi connectivity index (χ4v) is 3.18. The Bertz CT molecular complexity index is 1090. The molecule has 25 heavy (non-hydrogen) atoms. The Morgan fingerprint density at radius 1 is 1.08 bits per heavy atom. The van der Waals surface area contributed by atoms with Gasteiger partial charge in [-0.05, 0) is 13.0 Å². The van der Waals surface area contributed by atoms with Crippen LogP contribution in [-0.4, -0.2) is 35.9 Å². The number of ether oxygens (including phenoxy) is 3. The predicted molar refractivity (Wildman–Crippen MR) is 93.0 cm³/mol. The summed E-state index contributed by atoms with van der Waals surface area (Å²) in [5, 5.41) is 3.99. The summed E-state index contributed by atoms with van der Waals surface area (Å²) in [5.41, 5.74) is -0.0735. The molecule has 0 saturated carbocycles. The van der Waals surface area contributed by atoms with Gasteiger partial charge in [0.25, 0.3) is 11.1 Å². The van der Waals surface area contributed by atoms with Crippen LogP contribution in [0.5, 0.6) is 17.2 Å². The monoisotopic (exact) mass is 361 g/mol. The van der Waals surface area contributed by atoms with Gasteiger partial charge in [-0.1, -0.05) is 11.3 Å². The molecule has 1 aromatic carbocycles. The first-order valence-corrected chi connectivity index (χ1v) is 8.02. The third-order valence-corrected chi connectivity index (χ3v) is 4.53. The zero-order valence-electron chi connectivity index (χ0n) is 14.0. The highest BCUT2D eigenvalue weighted by atomic mass is 32.1. The summed E-state index contributed by atoms with van der Waals surface area (Å²) < 4.78 is 17.4. The van der Waals surface area contributed by atoms with E-state index in [-0.39, 0.29) is 16.2 Å². The zero-order valence-corrected chi connectivity index (χ0v) is 14.8. The number of rotatable bonds is 4. The molecule has 0 N–H and O–H groups in total. The highest BCUT2D eigenvalue weighted by molar-refractivity contribution is 7.15. The first-order valence-electron chi connectivity index (χ1n) is 7.20. The molecule has 2 heterocycles. The molecule has 130 valence electrons. The van der Waals surface area contributed by atoms with E-state index in [1.807, 2.05) is 0 Å². The fraction of sp³-hybridized carbons (Fsp3) is 0.250. The second kappa shape index (κ2) is 6.52. The van der Waals surface area contributed by atoms with Crippen LogP contribution in [0.4, 0.5) is 0 Å². The highest BCUT2D eigenvalue weighted by Gasteiger charge is 2.14. The minimum Gasteiger partial charge on any atom is -0.496 e. The lowest BCUT2D eigenvalue weighted by Crippen LogP contribution is -2.27. The maximum Gasteiger partial charge on any atom is 0.295 e. The van der Waals surface area contributed by atoms with Crippen molar-refractivity contribution in [3.63, 3.8) is 0 Å². The maximum atomic E-state index is 12.5. The normalized spacial score (nSPS) is 11.8. The smallest absolute Gasteiger partial charge is 0.295 e. The van der Waals surface area contributed by atoms with Crippen molar-refractivity contribution in [1.29, 1.82) is 0 Å². The fourth-order valence-electron chi connectivity index (χ4n) is 2.29. The van der Waals surface area contributed by atoms with Gasteiger partial charge >= 0.3 is 0 Å². The van der Waals surface area contributed by atoms with E-state index in [1.54, 1.807) is 18.2 Å². The van der Waals surface area contributed by atoms with E-state index >= 15 is 0 Å². The summed E-state index contributed by atoms with van der Waals surface area (Å²) in [6, 6.07) is 3.38. The van der Waals surface area contributed by atoms with Crippen molar-refractivity contribution in [3.05, 3.63) is 48.6 Å². The van der Waals surface area contributed by atoms with Crippen molar-refractivity contribution in [2.24, 2.45) is 0 Å². The van der Waals surface area contributed by atoms with Crippen LogP contribution in [0, 0.1) is 6.92 Å². The van der Waals surface area contributed by atoms with Gasteiger partial charge in [-0.3, -0.25) is 9.59 Å². The number of benzene rings is 1. The van der Waals surface area contributed by atoms with Crippen molar-refractivity contribution in [2.45, 2.75) is 6.92 Å². The molecule has 0 amide bonds. The van der Waals surface area contributed by atoms with Crippen molar-refractivity contribution >= 4 is 22.4 Å². The van der Waals surface area contributed by atoms with Gasteiger partial charge in [-0.25, -0.2) is 0 Å². The van der Waals surface area contributed by atoms with E-state index < -0.39 is 5.56 Å². The van der Waals surface area contributed by atoms with Gasteiger partial charge in [0.2, 0.25) is 4.96 Å². The Hall–Kier alpha value is -2.94. The maximum absolute atomic E-state index is 12.5. The summed E-state index contributed by atoms with van der Waals surface area (Å²) in [7, 11) is 4.56. The molecule has 0 atom stereocenters. The second-order valence-corrected chi connectivity index (χ2v) is 6.07. The van der Waals surface area contributed by atoms with Crippen LogP contribution < -0.4 is 29.9 Å². The molecule has 0 radical (unpaired) electrons. The van der Waals surface area contributed by atoms with E-state index in [0.29, 0.717) is 27.3 Å². The minimum absolute atomic E-state index is 0.165. The molecule has 0 fully saturated rings. The first-order chi connectivity index (χ1) is 12.0. The lowest BCUT2D eigenvalue weighted by atomic mass is 10.1. The highest BCUT2D eigenvalue weighted by Crippen LogP contribution is 2.34. The average Bonchev–Trinajstić information content (AvgIpc) is 2.90. The molecule has 3 aromatic rings. The number of thiazole rings is 1. The number of fused-ring (bicyclic) bond motifs is 1. The Kier molecular flexibility index (Phi) is 4.41. The summed E-state index contributed by atoms with van der Waals surface area (Å²) in [4.78, 5) is 28.3. The third-order valence-electron chi connectivity index (χ3n) is 3.57. The summed E-state index contributed by atoms with van der Waals surface area (Å²) >= 11 is 1.07. The molecule has 0 aliphatic heterocycles. The van der Waals surface area contributed by atoms with Gasteiger partial charge in [-0.2, -0.15) is 14.6 Å². The molecule has 3 rings (SSSR count). The van der Waals surface area contributed by atoms with Crippen molar-refractivity contribution in [1.82, 2.24) is 14.6 Å². The van der Waals surface area contributed by atoms with E-state index in [0.717, 1.165) is 15.9 Å². The van der Waals surface area contributed by atoms with Crippen molar-refractivity contribution in [2.75, 3.05) is 21.3 Å². The van der Waals surface area contributed by atoms with Gasteiger partial charge in [0.15, 0.2) is 0 Å². The summed E-state index contributed by atoms with van der Waals surface area (Å²) in [5.74, 6) is 1.54. The molecule has 0 saturated heterocycles. The number of nitrogens with zero attached hydrogens (tertiary/aromatic N) is 3. The third kappa shape index (κ3) is 2.93. The molecule has 9 heteroatoms. The lowest BCUT2D eigenvalue weighted by Gasteiger charge is -2.12. The molecule has 0 bridgehead atoms. The van der Waals surface area contributed by atoms with Gasteiger partial charge in [0.05, 0.1) is 31.4 Å². The number of hydrogen-bond donors (Lipinski definition) is 0. The Morgan fingerprint density at radius 3 is 2.28 bits per heavy atom. The van der Waals surface area contributed by atoms with Crippen molar-refractivity contribution in [3.8, 4) is 17.2 Å². The second-order valence-electron chi connectivity index (χ2n) is 5.06. The lowest BCUT2D eigenvalue weighted by molar-refractivity contribution is 0.374. The number of aromatic nitrogens is 3. The number of methoxy groups -OCH3 is 3. The molecule has 8 nitrogen and oxygen atoms in total. The van der Waals surface area contributed by atoms with E-state index in [2.05, 4.69) is 10.1 Å². The summed E-state index contributed by atoms with van der Waals surface area (Å²) in [6.45, 7) is 1.51. The van der Waals surface area contributed by atoms with Crippen LogP contribution in [0.3, 0.4) is 0 Å². The van der Waals surface area contributed by atoms with Crippen LogP contribution in [-0.2, 0) is 0 Å². The van der Waals surface area contributed by atoms with Crippen molar-refractivity contribution < 1.29 is 14.2 Å². The van der Waals surface area contributed by atoms with Gasteiger partial charge in [0.1, 0.15) is 22.9 Å². The topological polar surface area (TPSA) is 92.0 Å². The molecule has 0 unspecified atom stereocenters. The molecule has 0 aliphatic carbocycles. The Labute approximate surface area is 145 Å². The van der Waals surface area contributed by atoms with Crippen LogP contribution in [0.1, 0.15) is 11.3 Å². The molecule has 2 aromatic heterocycles. The predicted octanol–water partition coefficient (Wildman–Crippen LogP) is 0.393. The average molecular weight is 361 g/mol. The Balaban J connectivity index is 2.32. The molecule has 0 aliphatic rings. The quantitative estimate of drug-likeness (QED) is 0.664. The number of hydrogen-bond acceptors (Lipinski definition) is 8. The standard InChI is InChI=1S/C16H15N3O5S/c1-8-14(20)17-16-19(18-8)15(21)13(25-16)7-10-11(23-3)5-9(22-2)6-12(10)24-4/h5-7H,1-4H3/b13-7-. The van der Waals surface area contributed by atoms with Crippen LogP contribution in [0.2, 0.25) is 0 Å². The van der Waals surface area contributed by atoms with Crippen LogP contribution >= 0.6 is 11.3 Å². The van der Waals surface area contributed by atoms with Gasteiger partial charge < -0.3 is 14.2 Å². The Morgan fingerprint density at radius 2 is 1.72 bits per heavy atom. The number of aryl methyl sites for hydroxylation is 1. The molecular weight excluding hydrogens is 346 g/mol. The largest absolute Gasteiger partial charge is 0.496 e. The minimum atomic E-state index is -0.451. The van der Waals surface area contributed by atoms with E-state index in [9.17, 15) is 9.59 Å². The van der Waals surface area contributed by atoms with E-state index in [1.165, 1.54) is 28.3 Å². The molecular formula is C16H15N3O5S. The summed E-state index contributed by atoms with van der Waals surface area (Å²) in [6.07, 6.45) is 1.63. The van der Waals surface area contributed by atoms with Crippen LogP contribution in [0.25, 0.3) is 11.0 Å².